The normalized spacial score (nSPS) is 29.9. The molecule has 2 heterocycles. The second-order valence-corrected chi connectivity index (χ2v) is 8.25. The number of hydrogen-bond acceptors (Lipinski definition) is 3. The van der Waals surface area contributed by atoms with Crippen LogP contribution in [0.5, 0.6) is 0 Å². The van der Waals surface area contributed by atoms with Gasteiger partial charge in [0.15, 0.2) is 0 Å². The number of anilines is 1. The van der Waals surface area contributed by atoms with Gasteiger partial charge in [0.2, 0.25) is 0 Å². The quantitative estimate of drug-likeness (QED) is 0.739. The number of nitrogens with one attached hydrogen (secondary N) is 1. The van der Waals surface area contributed by atoms with Crippen LogP contribution >= 0.6 is 50.9 Å². The first-order chi connectivity index (χ1) is 9.58. The lowest BCUT2D eigenvalue weighted by Crippen LogP contribution is -2.44. The molecule has 2 saturated heterocycles. The molecule has 1 aromatic rings. The molecule has 2 atom stereocenters. The molecule has 0 amide bonds. The van der Waals surface area contributed by atoms with Crippen LogP contribution in [0.1, 0.15) is 19.3 Å². The minimum absolute atomic E-state index is 0.0644. The van der Waals surface area contributed by atoms with Crippen molar-refractivity contribution in [1.82, 2.24) is 0 Å². The second kappa shape index (κ2) is 6.25. The summed E-state index contributed by atoms with van der Waals surface area (Å²) in [5, 5.41) is 4.84. The second-order valence-electron chi connectivity index (χ2n) is 5.41. The van der Waals surface area contributed by atoms with Crippen LogP contribution in [-0.4, -0.2) is 29.8 Å². The number of ether oxygens (including phenoxy) is 1. The lowest BCUT2D eigenvalue weighted by molar-refractivity contribution is -0.0628. The minimum atomic E-state index is 0.0644. The molecule has 2 fully saturated rings. The zero-order valence-electron chi connectivity index (χ0n) is 10.9. The summed E-state index contributed by atoms with van der Waals surface area (Å²) in [7, 11) is 0. The molecule has 2 nitrogen and oxygen atoms in total. The van der Waals surface area contributed by atoms with E-state index in [1.807, 2.05) is 23.9 Å². The number of benzene rings is 1. The fraction of sp³-hybridized carbons (Fsp3) is 0.571. The van der Waals surface area contributed by atoms with E-state index in [2.05, 4.69) is 21.2 Å². The van der Waals surface area contributed by atoms with E-state index in [1.54, 1.807) is 0 Å². The Balaban J connectivity index is 1.74. The van der Waals surface area contributed by atoms with Gasteiger partial charge < -0.3 is 10.1 Å². The summed E-state index contributed by atoms with van der Waals surface area (Å²) in [5.41, 5.74) is 0.902. The van der Waals surface area contributed by atoms with Gasteiger partial charge in [-0.2, -0.15) is 11.8 Å². The molecule has 1 N–H and O–H groups in total. The highest BCUT2D eigenvalue weighted by Gasteiger charge is 2.40. The van der Waals surface area contributed by atoms with E-state index in [0.29, 0.717) is 16.1 Å². The third kappa shape index (κ3) is 3.25. The summed E-state index contributed by atoms with van der Waals surface area (Å²) in [4.78, 5) is 0. The van der Waals surface area contributed by atoms with Crippen LogP contribution in [0.15, 0.2) is 16.6 Å². The molecule has 1 aromatic carbocycles. The topological polar surface area (TPSA) is 21.3 Å². The number of halogens is 3. The maximum Gasteiger partial charge on any atom is 0.0799 e. The van der Waals surface area contributed by atoms with Crippen molar-refractivity contribution in [3.8, 4) is 0 Å². The largest absolute Gasteiger partial charge is 0.380 e. The molecule has 20 heavy (non-hydrogen) atoms. The average molecular weight is 397 g/mol. The monoisotopic (exact) mass is 395 g/mol. The zero-order valence-corrected chi connectivity index (χ0v) is 14.8. The molecule has 0 bridgehead atoms. The van der Waals surface area contributed by atoms with E-state index >= 15 is 0 Å². The molecule has 2 unspecified atom stereocenters. The van der Waals surface area contributed by atoms with Gasteiger partial charge in [-0.05, 0) is 37.1 Å². The highest BCUT2D eigenvalue weighted by atomic mass is 79.9. The van der Waals surface area contributed by atoms with Crippen molar-refractivity contribution in [3.05, 3.63) is 26.7 Å². The highest BCUT2D eigenvalue weighted by molar-refractivity contribution is 9.10. The van der Waals surface area contributed by atoms with Crippen LogP contribution in [0.2, 0.25) is 10.0 Å². The van der Waals surface area contributed by atoms with Crippen molar-refractivity contribution in [1.29, 1.82) is 0 Å². The molecule has 110 valence electrons. The Bertz CT molecular complexity index is 485. The first kappa shape index (κ1) is 15.3. The molecule has 0 saturated carbocycles. The van der Waals surface area contributed by atoms with E-state index < -0.39 is 0 Å². The van der Waals surface area contributed by atoms with Crippen molar-refractivity contribution in [2.45, 2.75) is 30.9 Å². The third-order valence-electron chi connectivity index (χ3n) is 3.92. The van der Waals surface area contributed by atoms with E-state index in [1.165, 1.54) is 5.75 Å². The first-order valence-corrected chi connectivity index (χ1v) is 9.41. The average Bonchev–Trinajstić information content (AvgIpc) is 2.82. The van der Waals surface area contributed by atoms with Gasteiger partial charge in [-0.15, -0.1) is 0 Å². The molecule has 0 radical (unpaired) electrons. The van der Waals surface area contributed by atoms with Gasteiger partial charge >= 0.3 is 0 Å². The van der Waals surface area contributed by atoms with Crippen molar-refractivity contribution in [2.24, 2.45) is 0 Å². The Morgan fingerprint density at radius 3 is 2.75 bits per heavy atom. The van der Waals surface area contributed by atoms with Crippen LogP contribution < -0.4 is 5.32 Å². The Hall–Kier alpha value is 0.390. The van der Waals surface area contributed by atoms with Crippen molar-refractivity contribution in [2.75, 3.05) is 23.4 Å². The predicted molar refractivity (Wildman–Crippen MR) is 91.4 cm³/mol. The molecular weight excluding hydrogens is 381 g/mol. The number of rotatable bonds is 2. The maximum absolute atomic E-state index is 6.29. The molecule has 2 aliphatic heterocycles. The predicted octanol–water partition coefficient (Wildman–Crippen LogP) is 5.22. The van der Waals surface area contributed by atoms with Crippen LogP contribution in [-0.2, 0) is 4.74 Å². The van der Waals surface area contributed by atoms with Gasteiger partial charge in [0.1, 0.15) is 0 Å². The van der Waals surface area contributed by atoms with Crippen LogP contribution in [0, 0.1) is 0 Å². The standard InChI is InChI=1S/C14H16BrCl2NOS/c15-9-5-11(16)13(12(17)6-9)18-10-1-3-19-14(7-10)2-4-20-8-14/h5-6,10,18H,1-4,7-8H2. The lowest BCUT2D eigenvalue weighted by atomic mass is 9.90. The fourth-order valence-electron chi connectivity index (χ4n) is 2.90. The van der Waals surface area contributed by atoms with Gasteiger partial charge in [0.05, 0.1) is 21.3 Å². The van der Waals surface area contributed by atoms with Crippen LogP contribution in [0.4, 0.5) is 5.69 Å². The van der Waals surface area contributed by atoms with E-state index in [-0.39, 0.29) is 5.60 Å². The summed E-state index contributed by atoms with van der Waals surface area (Å²) in [6.45, 7) is 0.810. The van der Waals surface area contributed by atoms with E-state index in [4.69, 9.17) is 27.9 Å². The van der Waals surface area contributed by atoms with Crippen molar-refractivity contribution >= 4 is 56.6 Å². The first-order valence-electron chi connectivity index (χ1n) is 6.71. The minimum Gasteiger partial charge on any atom is -0.380 e. The third-order valence-corrected chi connectivity index (χ3v) is 6.19. The van der Waals surface area contributed by atoms with Crippen LogP contribution in [0.25, 0.3) is 0 Å². The molecule has 6 heteroatoms. The van der Waals surface area contributed by atoms with Crippen LogP contribution in [0.3, 0.4) is 0 Å². The summed E-state index contributed by atoms with van der Waals surface area (Å²) in [6.07, 6.45) is 3.18. The van der Waals surface area contributed by atoms with E-state index in [0.717, 1.165) is 41.8 Å². The number of hydrogen-bond donors (Lipinski definition) is 1. The maximum atomic E-state index is 6.29. The molecule has 1 spiro atoms. The molecule has 0 aromatic heterocycles. The van der Waals surface area contributed by atoms with E-state index in [9.17, 15) is 0 Å². The Morgan fingerprint density at radius 1 is 1.35 bits per heavy atom. The SMILES string of the molecule is Clc1cc(Br)cc(Cl)c1NC1CCOC2(CCSC2)C1. The molecule has 3 rings (SSSR count). The van der Waals surface area contributed by atoms with Crippen molar-refractivity contribution < 1.29 is 4.74 Å². The zero-order chi connectivity index (χ0) is 14.2. The van der Waals surface area contributed by atoms with Gasteiger partial charge in [-0.3, -0.25) is 0 Å². The molecule has 2 aliphatic rings. The Morgan fingerprint density at radius 2 is 2.10 bits per heavy atom. The Labute approximate surface area is 142 Å². The molecule has 0 aliphatic carbocycles. The lowest BCUT2D eigenvalue weighted by Gasteiger charge is -2.38. The summed E-state index contributed by atoms with van der Waals surface area (Å²) < 4.78 is 6.94. The smallest absolute Gasteiger partial charge is 0.0799 e. The van der Waals surface area contributed by atoms with Gasteiger partial charge in [-0.25, -0.2) is 0 Å². The summed E-state index contributed by atoms with van der Waals surface area (Å²) in [5.74, 6) is 2.31. The molecular formula is C14H16BrCl2NOS. The summed E-state index contributed by atoms with van der Waals surface area (Å²) >= 11 is 18.0. The fourth-order valence-corrected chi connectivity index (χ4v) is 5.59. The Kier molecular flexibility index (Phi) is 4.78. The van der Waals surface area contributed by atoms with Gasteiger partial charge in [0.25, 0.3) is 0 Å². The summed E-state index contributed by atoms with van der Waals surface area (Å²) in [6, 6.07) is 4.12. The van der Waals surface area contributed by atoms with Gasteiger partial charge in [0, 0.05) is 22.9 Å². The number of thioether (sulfide) groups is 1. The highest BCUT2D eigenvalue weighted by Crippen LogP contribution is 2.41. The van der Waals surface area contributed by atoms with Gasteiger partial charge in [-0.1, -0.05) is 39.1 Å². The van der Waals surface area contributed by atoms with Crippen molar-refractivity contribution in [3.63, 3.8) is 0 Å².